The lowest BCUT2D eigenvalue weighted by molar-refractivity contribution is -0.147. The molecule has 1 saturated heterocycles. The van der Waals surface area contributed by atoms with Crippen LogP contribution in [0.4, 0.5) is 0 Å². The molecule has 4 heteroatoms. The molecule has 4 aliphatic carbocycles. The zero-order chi connectivity index (χ0) is 23.8. The van der Waals surface area contributed by atoms with E-state index < -0.39 is 5.60 Å². The van der Waals surface area contributed by atoms with E-state index in [2.05, 4.69) is 32.9 Å². The van der Waals surface area contributed by atoms with Gasteiger partial charge in [-0.15, -0.1) is 0 Å². The van der Waals surface area contributed by atoms with E-state index in [0.29, 0.717) is 23.2 Å². The Morgan fingerprint density at radius 1 is 1.24 bits per heavy atom. The van der Waals surface area contributed by atoms with Crippen molar-refractivity contribution in [2.24, 2.45) is 34.5 Å². The van der Waals surface area contributed by atoms with E-state index >= 15 is 0 Å². The number of fused-ring (bicyclic) bond motifs is 7. The minimum atomic E-state index is -0.552. The maximum Gasteiger partial charge on any atom is 0.303 e. The minimum absolute atomic E-state index is 0.0587. The Morgan fingerprint density at radius 2 is 2.00 bits per heavy atom. The SMILES string of the molecule is CC(=O)O[C@@H]1CC2=CC=C3[C@@H]4CC[C@H]([C@H](C)CCCC(C)(C)O)[C@@]4(C)CC[C@@H]3[C@@]2(C)[C@H]2O[C@@H]12. The number of aliphatic hydroxyl groups is 1. The van der Waals surface area contributed by atoms with E-state index in [1.54, 1.807) is 5.57 Å². The quantitative estimate of drug-likeness (QED) is 0.394. The molecule has 0 aromatic heterocycles. The zero-order valence-corrected chi connectivity index (χ0v) is 21.5. The summed E-state index contributed by atoms with van der Waals surface area (Å²) in [6, 6.07) is 0. The normalized spacial score (nSPS) is 44.5. The first-order chi connectivity index (χ1) is 15.4. The number of allylic oxidation sites excluding steroid dienone is 3. The van der Waals surface area contributed by atoms with Crippen molar-refractivity contribution in [1.29, 1.82) is 0 Å². The summed E-state index contributed by atoms with van der Waals surface area (Å²) in [6.07, 6.45) is 14.2. The van der Waals surface area contributed by atoms with Gasteiger partial charge < -0.3 is 14.6 Å². The van der Waals surface area contributed by atoms with Crippen molar-refractivity contribution < 1.29 is 19.4 Å². The summed E-state index contributed by atoms with van der Waals surface area (Å²) in [5, 5.41) is 10.1. The number of hydrogen-bond donors (Lipinski definition) is 1. The fourth-order valence-corrected chi connectivity index (χ4v) is 8.72. The summed E-state index contributed by atoms with van der Waals surface area (Å²) in [4.78, 5) is 11.6. The molecule has 1 N–H and O–H groups in total. The van der Waals surface area contributed by atoms with E-state index in [-0.39, 0.29) is 29.7 Å². The molecule has 1 aliphatic heterocycles. The smallest absolute Gasteiger partial charge is 0.303 e. The molecule has 0 aromatic carbocycles. The fraction of sp³-hybridized carbons (Fsp3) is 0.828. The van der Waals surface area contributed by atoms with E-state index in [4.69, 9.17) is 9.47 Å². The Kier molecular flexibility index (Phi) is 5.68. The molecule has 0 bridgehead atoms. The predicted molar refractivity (Wildman–Crippen MR) is 129 cm³/mol. The van der Waals surface area contributed by atoms with E-state index in [1.807, 2.05) is 13.8 Å². The third-order valence-electron chi connectivity index (χ3n) is 10.4. The third kappa shape index (κ3) is 3.84. The summed E-state index contributed by atoms with van der Waals surface area (Å²) in [5.74, 6) is 2.52. The van der Waals surface area contributed by atoms with Gasteiger partial charge in [0.25, 0.3) is 0 Å². The molecule has 5 aliphatic rings. The lowest BCUT2D eigenvalue weighted by Crippen LogP contribution is -2.50. The zero-order valence-electron chi connectivity index (χ0n) is 21.5. The molecule has 5 rings (SSSR count). The van der Waals surface area contributed by atoms with Crippen molar-refractivity contribution >= 4 is 5.97 Å². The van der Waals surface area contributed by atoms with Crippen LogP contribution in [0.3, 0.4) is 0 Å². The highest BCUT2D eigenvalue weighted by Crippen LogP contribution is 2.68. The van der Waals surface area contributed by atoms with Crippen LogP contribution < -0.4 is 0 Å². The molecule has 1 heterocycles. The Morgan fingerprint density at radius 3 is 2.70 bits per heavy atom. The van der Waals surface area contributed by atoms with Crippen molar-refractivity contribution in [3.8, 4) is 0 Å². The molecule has 0 unspecified atom stereocenters. The lowest BCUT2D eigenvalue weighted by Gasteiger charge is -2.54. The van der Waals surface area contributed by atoms with Gasteiger partial charge in [-0.25, -0.2) is 0 Å². The van der Waals surface area contributed by atoms with Gasteiger partial charge in [0.1, 0.15) is 12.2 Å². The Bertz CT molecular complexity index is 865. The summed E-state index contributed by atoms with van der Waals surface area (Å²) in [7, 11) is 0. The summed E-state index contributed by atoms with van der Waals surface area (Å²) in [5.41, 5.74) is 3.00. The fourth-order valence-electron chi connectivity index (χ4n) is 8.72. The molecule has 0 aromatic rings. The molecule has 3 saturated carbocycles. The first kappa shape index (κ1) is 23.6. The van der Waals surface area contributed by atoms with E-state index in [1.165, 1.54) is 44.6 Å². The average molecular weight is 457 g/mol. The van der Waals surface area contributed by atoms with Gasteiger partial charge in [0, 0.05) is 18.8 Å². The monoisotopic (exact) mass is 456 g/mol. The van der Waals surface area contributed by atoms with Crippen LogP contribution >= 0.6 is 0 Å². The van der Waals surface area contributed by atoms with Crippen LogP contribution in [-0.4, -0.2) is 35.0 Å². The number of carbonyl (C=O) groups is 1. The van der Waals surface area contributed by atoms with Gasteiger partial charge in [0.15, 0.2) is 0 Å². The van der Waals surface area contributed by atoms with Crippen LogP contribution in [-0.2, 0) is 14.3 Å². The second-order valence-corrected chi connectivity index (χ2v) is 13.0. The Labute approximate surface area is 200 Å². The minimum Gasteiger partial charge on any atom is -0.459 e. The molecule has 4 fully saturated rings. The van der Waals surface area contributed by atoms with Crippen LogP contribution in [0.15, 0.2) is 23.3 Å². The van der Waals surface area contributed by atoms with E-state index in [9.17, 15) is 9.90 Å². The van der Waals surface area contributed by atoms with Crippen LogP contribution in [0.5, 0.6) is 0 Å². The number of carbonyl (C=O) groups excluding carboxylic acids is 1. The van der Waals surface area contributed by atoms with Gasteiger partial charge in [-0.1, -0.05) is 56.9 Å². The molecule has 0 radical (unpaired) electrons. The second kappa shape index (κ2) is 7.95. The van der Waals surface area contributed by atoms with Gasteiger partial charge in [0.2, 0.25) is 0 Å². The summed E-state index contributed by atoms with van der Waals surface area (Å²) < 4.78 is 11.8. The first-order valence-corrected chi connectivity index (χ1v) is 13.4. The van der Waals surface area contributed by atoms with Gasteiger partial charge in [-0.2, -0.15) is 0 Å². The second-order valence-electron chi connectivity index (χ2n) is 13.0. The maximum atomic E-state index is 11.6. The summed E-state index contributed by atoms with van der Waals surface area (Å²) >= 11 is 0. The average Bonchev–Trinajstić information content (AvgIpc) is 3.44. The van der Waals surface area contributed by atoms with Crippen LogP contribution in [0.2, 0.25) is 0 Å². The van der Waals surface area contributed by atoms with Crippen LogP contribution in [0.1, 0.15) is 92.9 Å². The number of epoxide rings is 1. The topological polar surface area (TPSA) is 59.1 Å². The number of rotatable bonds is 6. The highest BCUT2D eigenvalue weighted by molar-refractivity contribution is 5.66. The van der Waals surface area contributed by atoms with E-state index in [0.717, 1.165) is 25.2 Å². The van der Waals surface area contributed by atoms with Crippen LogP contribution in [0, 0.1) is 34.5 Å². The number of ether oxygens (including phenoxy) is 2. The maximum absolute atomic E-state index is 11.6. The first-order valence-electron chi connectivity index (χ1n) is 13.4. The Hall–Kier alpha value is -1.13. The van der Waals surface area contributed by atoms with Gasteiger partial charge in [-0.05, 0) is 75.0 Å². The number of hydrogen-bond acceptors (Lipinski definition) is 4. The highest BCUT2D eigenvalue weighted by atomic mass is 16.6. The molecule has 0 spiro atoms. The van der Waals surface area contributed by atoms with Crippen molar-refractivity contribution in [3.05, 3.63) is 23.3 Å². The van der Waals surface area contributed by atoms with Crippen LogP contribution in [0.25, 0.3) is 0 Å². The largest absolute Gasteiger partial charge is 0.459 e. The molecule has 4 nitrogen and oxygen atoms in total. The third-order valence-corrected chi connectivity index (χ3v) is 10.4. The molecule has 184 valence electrons. The predicted octanol–water partition coefficient (Wildman–Crippen LogP) is 5.98. The van der Waals surface area contributed by atoms with Crippen molar-refractivity contribution in [1.82, 2.24) is 0 Å². The number of esters is 1. The molecular formula is C29H44O4. The van der Waals surface area contributed by atoms with Crippen molar-refractivity contribution in [2.45, 2.75) is 117 Å². The Balaban J connectivity index is 1.34. The lowest BCUT2D eigenvalue weighted by atomic mass is 9.50. The highest BCUT2D eigenvalue weighted by Gasteiger charge is 2.67. The van der Waals surface area contributed by atoms with Gasteiger partial charge in [0.05, 0.1) is 11.7 Å². The molecule has 33 heavy (non-hydrogen) atoms. The van der Waals surface area contributed by atoms with Crippen molar-refractivity contribution in [2.75, 3.05) is 0 Å². The van der Waals surface area contributed by atoms with Gasteiger partial charge >= 0.3 is 5.97 Å². The molecule has 0 amide bonds. The summed E-state index contributed by atoms with van der Waals surface area (Å²) in [6.45, 7) is 12.8. The molecular weight excluding hydrogens is 412 g/mol. The van der Waals surface area contributed by atoms with Gasteiger partial charge in [-0.3, -0.25) is 4.79 Å². The van der Waals surface area contributed by atoms with Crippen molar-refractivity contribution in [3.63, 3.8) is 0 Å². The molecule has 9 atom stereocenters. The standard InChI is InChI=1S/C29H44O4/c1-17(8-7-14-27(3,4)31)21-11-12-22-20-10-9-19-16-24(32-18(2)30)25-26(33-25)29(19,6)23(20)13-15-28(21,22)5/h9-10,17,21-26,31H,7-8,11-16H2,1-6H3/t17-,21-,22+,23+,24-,25+,26+,28-,29+/m1/s1.